The molecule has 0 atom stereocenters. The molecule has 0 bridgehead atoms. The summed E-state index contributed by atoms with van der Waals surface area (Å²) in [6, 6.07) is -0.333. The second kappa shape index (κ2) is 5.39. The van der Waals surface area contributed by atoms with Crippen molar-refractivity contribution in [3.05, 3.63) is 16.8 Å². The normalized spacial score (nSPS) is 18.5. The number of hydrogen-bond acceptors (Lipinski definition) is 5. The largest absolute Gasteiger partial charge is 0.352 e. The van der Waals surface area contributed by atoms with E-state index in [1.54, 1.807) is 11.2 Å². The Labute approximate surface area is 132 Å². The van der Waals surface area contributed by atoms with Crippen LogP contribution in [-0.4, -0.2) is 47.1 Å². The molecule has 116 valence electrons. The third kappa shape index (κ3) is 2.20. The predicted molar refractivity (Wildman–Crippen MR) is 87.4 cm³/mol. The van der Waals surface area contributed by atoms with Crippen LogP contribution in [0.4, 0.5) is 10.6 Å². The molecule has 0 aromatic carbocycles. The molecule has 22 heavy (non-hydrogen) atoms. The highest BCUT2D eigenvalue weighted by molar-refractivity contribution is 7.19. The zero-order chi connectivity index (χ0) is 15.1. The van der Waals surface area contributed by atoms with Crippen molar-refractivity contribution in [3.8, 4) is 0 Å². The number of carbonyl (C=O) groups excluding carboxylic acids is 1. The predicted octanol–water partition coefficient (Wildman–Crippen LogP) is 1.77. The fourth-order valence-corrected chi connectivity index (χ4v) is 4.68. The fraction of sp³-hybridized carbons (Fsp3) is 0.533. The van der Waals surface area contributed by atoms with Gasteiger partial charge in [0.15, 0.2) is 0 Å². The third-order valence-electron chi connectivity index (χ3n) is 4.62. The molecule has 1 aliphatic heterocycles. The van der Waals surface area contributed by atoms with Crippen LogP contribution in [0.1, 0.15) is 23.3 Å². The molecule has 1 fully saturated rings. The number of thiophene rings is 1. The Bertz CT molecular complexity index is 720. The van der Waals surface area contributed by atoms with Gasteiger partial charge in [-0.3, -0.25) is 0 Å². The van der Waals surface area contributed by atoms with Gasteiger partial charge in [-0.25, -0.2) is 14.8 Å². The van der Waals surface area contributed by atoms with Gasteiger partial charge >= 0.3 is 6.03 Å². The van der Waals surface area contributed by atoms with Crippen LogP contribution in [0, 0.1) is 0 Å². The van der Waals surface area contributed by atoms with Gasteiger partial charge in [0.2, 0.25) is 0 Å². The number of nitrogens with zero attached hydrogens (tertiary/aromatic N) is 4. The molecule has 0 unspecified atom stereocenters. The summed E-state index contributed by atoms with van der Waals surface area (Å²) in [4.78, 5) is 26.9. The maximum absolute atomic E-state index is 11.3. The number of nitrogens with two attached hydrogens (primary N) is 1. The van der Waals surface area contributed by atoms with E-state index in [-0.39, 0.29) is 6.03 Å². The molecule has 1 aliphatic carbocycles. The van der Waals surface area contributed by atoms with Gasteiger partial charge < -0.3 is 15.5 Å². The lowest BCUT2D eigenvalue weighted by atomic mass is 9.97. The number of hydrogen-bond donors (Lipinski definition) is 1. The molecular formula is C15H19N5OS. The molecule has 0 spiro atoms. The van der Waals surface area contributed by atoms with E-state index in [1.807, 2.05) is 11.3 Å². The van der Waals surface area contributed by atoms with Crippen LogP contribution in [0.5, 0.6) is 0 Å². The van der Waals surface area contributed by atoms with Crippen molar-refractivity contribution in [2.24, 2.45) is 5.73 Å². The first-order valence-electron chi connectivity index (χ1n) is 7.78. The van der Waals surface area contributed by atoms with E-state index in [9.17, 15) is 4.79 Å². The summed E-state index contributed by atoms with van der Waals surface area (Å²) in [6.07, 6.45) is 6.50. The van der Waals surface area contributed by atoms with Gasteiger partial charge in [-0.1, -0.05) is 0 Å². The Morgan fingerprint density at radius 2 is 1.91 bits per heavy atom. The number of amides is 2. The maximum atomic E-state index is 11.3. The minimum absolute atomic E-state index is 0.333. The van der Waals surface area contributed by atoms with Gasteiger partial charge in [-0.15, -0.1) is 11.3 Å². The Morgan fingerprint density at radius 3 is 2.68 bits per heavy atom. The molecule has 6 nitrogen and oxygen atoms in total. The highest BCUT2D eigenvalue weighted by Crippen LogP contribution is 2.39. The van der Waals surface area contributed by atoms with Gasteiger partial charge in [0.1, 0.15) is 17.0 Å². The van der Waals surface area contributed by atoms with Crippen LogP contribution in [0.3, 0.4) is 0 Å². The number of rotatable bonds is 1. The summed E-state index contributed by atoms with van der Waals surface area (Å²) in [5.41, 5.74) is 6.82. The highest BCUT2D eigenvalue weighted by Gasteiger charge is 2.25. The van der Waals surface area contributed by atoms with Gasteiger partial charge in [-0.2, -0.15) is 0 Å². The first-order valence-corrected chi connectivity index (χ1v) is 8.60. The lowest BCUT2D eigenvalue weighted by Crippen LogP contribution is -2.50. The number of carbonyl (C=O) groups is 1. The molecule has 2 N–H and O–H groups in total. The van der Waals surface area contributed by atoms with Crippen LogP contribution in [0.15, 0.2) is 6.33 Å². The average molecular weight is 317 g/mol. The molecular weight excluding hydrogens is 298 g/mol. The quantitative estimate of drug-likeness (QED) is 0.870. The zero-order valence-corrected chi connectivity index (χ0v) is 13.2. The summed E-state index contributed by atoms with van der Waals surface area (Å²) >= 11 is 1.82. The number of urea groups is 1. The smallest absolute Gasteiger partial charge is 0.314 e. The standard InChI is InChI=1S/C15H19N5OS/c16-15(21)20-7-5-19(6-8-20)13-12-10-3-1-2-4-11(10)22-14(12)18-9-17-13/h9H,1-8H2,(H2,16,21). The summed E-state index contributed by atoms with van der Waals surface area (Å²) < 4.78 is 0. The highest BCUT2D eigenvalue weighted by atomic mass is 32.1. The van der Waals surface area contributed by atoms with Crippen molar-refractivity contribution in [3.63, 3.8) is 0 Å². The first kappa shape index (κ1) is 13.8. The van der Waals surface area contributed by atoms with Crippen molar-refractivity contribution < 1.29 is 4.79 Å². The van der Waals surface area contributed by atoms with Crippen LogP contribution >= 0.6 is 11.3 Å². The Balaban J connectivity index is 1.70. The van der Waals surface area contributed by atoms with Crippen molar-refractivity contribution >= 4 is 33.4 Å². The average Bonchev–Trinajstić information content (AvgIpc) is 2.93. The summed E-state index contributed by atoms with van der Waals surface area (Å²) in [5.74, 6) is 1.04. The third-order valence-corrected chi connectivity index (χ3v) is 5.82. The molecule has 2 aliphatic rings. The molecule has 2 aromatic rings. The second-order valence-corrected chi connectivity index (χ2v) is 6.98. The summed E-state index contributed by atoms with van der Waals surface area (Å²) in [7, 11) is 0. The van der Waals surface area contributed by atoms with Crippen molar-refractivity contribution in [2.75, 3.05) is 31.1 Å². The second-order valence-electron chi connectivity index (χ2n) is 5.90. The zero-order valence-electron chi connectivity index (χ0n) is 12.4. The van der Waals surface area contributed by atoms with E-state index in [0.717, 1.165) is 30.2 Å². The van der Waals surface area contributed by atoms with E-state index < -0.39 is 0 Å². The number of aromatic nitrogens is 2. The molecule has 2 amide bonds. The molecule has 1 saturated heterocycles. The van der Waals surface area contributed by atoms with Crippen molar-refractivity contribution in [1.82, 2.24) is 14.9 Å². The van der Waals surface area contributed by atoms with E-state index in [1.165, 1.54) is 35.1 Å². The van der Waals surface area contributed by atoms with Crippen LogP contribution in [0.25, 0.3) is 10.2 Å². The molecule has 0 radical (unpaired) electrons. The minimum Gasteiger partial charge on any atom is -0.352 e. The minimum atomic E-state index is -0.333. The number of aryl methyl sites for hydroxylation is 2. The Morgan fingerprint density at radius 1 is 1.14 bits per heavy atom. The van der Waals surface area contributed by atoms with Gasteiger partial charge in [0, 0.05) is 31.1 Å². The topological polar surface area (TPSA) is 75.4 Å². The molecule has 3 heterocycles. The van der Waals surface area contributed by atoms with Gasteiger partial charge in [0.25, 0.3) is 0 Å². The Hall–Kier alpha value is -1.89. The molecule has 4 rings (SSSR count). The summed E-state index contributed by atoms with van der Waals surface area (Å²) in [5, 5.41) is 1.25. The number of piperazine rings is 1. The fourth-order valence-electron chi connectivity index (χ4n) is 3.45. The molecule has 7 heteroatoms. The van der Waals surface area contributed by atoms with Crippen LogP contribution in [-0.2, 0) is 12.8 Å². The number of primary amides is 1. The van der Waals surface area contributed by atoms with Crippen LogP contribution < -0.4 is 10.6 Å². The number of anilines is 1. The SMILES string of the molecule is NC(=O)N1CCN(c2ncnc3sc4c(c23)CCCC4)CC1. The number of fused-ring (bicyclic) bond motifs is 3. The monoisotopic (exact) mass is 317 g/mol. The van der Waals surface area contributed by atoms with E-state index in [0.29, 0.717) is 13.1 Å². The van der Waals surface area contributed by atoms with E-state index in [2.05, 4.69) is 14.9 Å². The van der Waals surface area contributed by atoms with Gasteiger partial charge in [0.05, 0.1) is 5.39 Å². The molecule has 2 aromatic heterocycles. The Kier molecular flexibility index (Phi) is 3.37. The van der Waals surface area contributed by atoms with E-state index in [4.69, 9.17) is 5.73 Å². The van der Waals surface area contributed by atoms with Gasteiger partial charge in [-0.05, 0) is 31.2 Å². The first-order chi connectivity index (χ1) is 10.7. The lowest BCUT2D eigenvalue weighted by molar-refractivity contribution is 0.204. The summed E-state index contributed by atoms with van der Waals surface area (Å²) in [6.45, 7) is 2.87. The van der Waals surface area contributed by atoms with E-state index >= 15 is 0 Å². The van der Waals surface area contributed by atoms with Crippen molar-refractivity contribution in [1.29, 1.82) is 0 Å². The maximum Gasteiger partial charge on any atom is 0.314 e. The lowest BCUT2D eigenvalue weighted by Gasteiger charge is -2.34. The van der Waals surface area contributed by atoms with Crippen molar-refractivity contribution in [2.45, 2.75) is 25.7 Å². The van der Waals surface area contributed by atoms with Crippen LogP contribution in [0.2, 0.25) is 0 Å². The molecule has 0 saturated carbocycles.